The van der Waals surface area contributed by atoms with Gasteiger partial charge < -0.3 is 5.32 Å². The number of fused-ring (bicyclic) bond motifs is 1. The Morgan fingerprint density at radius 2 is 1.60 bits per heavy atom. The molecule has 122 valence electrons. The summed E-state index contributed by atoms with van der Waals surface area (Å²) in [5, 5.41) is 4.52. The predicted molar refractivity (Wildman–Crippen MR) is 100 cm³/mol. The number of nitrogens with one attached hydrogen (secondary N) is 1. The monoisotopic (exact) mass is 328 g/mol. The van der Waals surface area contributed by atoms with Crippen molar-refractivity contribution < 1.29 is 4.39 Å². The maximum atomic E-state index is 14.5. The Hall–Kier alpha value is -3.20. The maximum absolute atomic E-state index is 14.5. The molecule has 0 radical (unpaired) electrons. The number of hydrogen-bond donors (Lipinski definition) is 1. The van der Waals surface area contributed by atoms with Gasteiger partial charge in [-0.05, 0) is 35.9 Å². The van der Waals surface area contributed by atoms with Gasteiger partial charge in [-0.1, -0.05) is 54.6 Å². The summed E-state index contributed by atoms with van der Waals surface area (Å²) in [6.45, 7) is 0. The molecule has 4 aromatic rings. The normalized spacial score (nSPS) is 12.0. The molecule has 0 spiro atoms. The van der Waals surface area contributed by atoms with Crippen molar-refractivity contribution in [3.63, 3.8) is 0 Å². The lowest BCUT2D eigenvalue weighted by molar-refractivity contribution is 0.604. The fourth-order valence-electron chi connectivity index (χ4n) is 3.01. The third-order valence-electron chi connectivity index (χ3n) is 4.26. The van der Waals surface area contributed by atoms with Gasteiger partial charge in [0.2, 0.25) is 0 Å². The van der Waals surface area contributed by atoms with Gasteiger partial charge in [-0.25, -0.2) is 4.39 Å². The van der Waals surface area contributed by atoms with E-state index in [1.165, 1.54) is 6.07 Å². The zero-order valence-corrected chi connectivity index (χ0v) is 13.6. The fraction of sp³-hybridized carbons (Fsp3) is 0.0455. The lowest BCUT2D eigenvalue weighted by Gasteiger charge is -2.22. The summed E-state index contributed by atoms with van der Waals surface area (Å²) in [5.41, 5.74) is 3.43. The second kappa shape index (κ2) is 6.73. The van der Waals surface area contributed by atoms with E-state index in [1.54, 1.807) is 12.3 Å². The van der Waals surface area contributed by atoms with Crippen LogP contribution < -0.4 is 5.32 Å². The molecule has 1 atom stereocenters. The van der Waals surface area contributed by atoms with Crippen molar-refractivity contribution >= 4 is 16.6 Å². The van der Waals surface area contributed by atoms with Gasteiger partial charge in [-0.15, -0.1) is 0 Å². The summed E-state index contributed by atoms with van der Waals surface area (Å²) in [7, 11) is 0. The number of hydrogen-bond acceptors (Lipinski definition) is 2. The minimum atomic E-state index is -0.296. The molecule has 0 fully saturated rings. The van der Waals surface area contributed by atoms with Crippen LogP contribution in [0.1, 0.15) is 17.2 Å². The SMILES string of the molecule is Fc1ccccc1C(Nc1ccccc1)c1ccc2cccnc2c1. The van der Waals surface area contributed by atoms with Gasteiger partial charge in [-0.2, -0.15) is 0 Å². The van der Waals surface area contributed by atoms with E-state index >= 15 is 0 Å². The summed E-state index contributed by atoms with van der Waals surface area (Å²) in [6, 6.07) is 26.4. The van der Waals surface area contributed by atoms with Gasteiger partial charge in [0, 0.05) is 22.8 Å². The number of para-hydroxylation sites is 1. The van der Waals surface area contributed by atoms with E-state index in [0.29, 0.717) is 5.56 Å². The minimum Gasteiger partial charge on any atom is -0.374 e. The summed E-state index contributed by atoms with van der Waals surface area (Å²) >= 11 is 0. The molecule has 0 saturated heterocycles. The Labute approximate surface area is 146 Å². The first-order valence-corrected chi connectivity index (χ1v) is 8.22. The largest absolute Gasteiger partial charge is 0.374 e. The molecule has 0 aliphatic heterocycles. The van der Waals surface area contributed by atoms with Crippen molar-refractivity contribution in [2.45, 2.75) is 6.04 Å². The van der Waals surface area contributed by atoms with Crippen molar-refractivity contribution in [3.05, 3.63) is 108 Å². The Kier molecular flexibility index (Phi) is 4.13. The van der Waals surface area contributed by atoms with E-state index in [0.717, 1.165) is 22.2 Å². The lowest BCUT2D eigenvalue weighted by Crippen LogP contribution is -2.14. The van der Waals surface area contributed by atoms with Crippen LogP contribution in [0.15, 0.2) is 91.1 Å². The average molecular weight is 328 g/mol. The van der Waals surface area contributed by atoms with E-state index in [4.69, 9.17) is 0 Å². The number of pyridine rings is 1. The van der Waals surface area contributed by atoms with Gasteiger partial charge in [-0.3, -0.25) is 4.98 Å². The Morgan fingerprint density at radius 3 is 2.44 bits per heavy atom. The van der Waals surface area contributed by atoms with E-state index in [-0.39, 0.29) is 11.9 Å². The van der Waals surface area contributed by atoms with E-state index in [2.05, 4.69) is 10.3 Å². The van der Waals surface area contributed by atoms with Crippen LogP contribution in [0.3, 0.4) is 0 Å². The highest BCUT2D eigenvalue weighted by atomic mass is 19.1. The smallest absolute Gasteiger partial charge is 0.128 e. The Balaban J connectivity index is 1.82. The number of rotatable bonds is 4. The van der Waals surface area contributed by atoms with Crippen LogP contribution in [0.4, 0.5) is 10.1 Å². The highest BCUT2D eigenvalue weighted by Gasteiger charge is 2.18. The first kappa shape index (κ1) is 15.3. The number of halogens is 1. The molecule has 1 aromatic heterocycles. The van der Waals surface area contributed by atoms with Crippen LogP contribution in [0.2, 0.25) is 0 Å². The van der Waals surface area contributed by atoms with Gasteiger partial charge in [0.05, 0.1) is 11.6 Å². The molecular formula is C22H17FN2. The van der Waals surface area contributed by atoms with Crippen LogP contribution in [0.5, 0.6) is 0 Å². The highest BCUT2D eigenvalue weighted by Crippen LogP contribution is 2.30. The van der Waals surface area contributed by atoms with Crippen molar-refractivity contribution in [2.75, 3.05) is 5.32 Å². The Bertz CT molecular complexity index is 999. The van der Waals surface area contributed by atoms with Crippen molar-refractivity contribution in [2.24, 2.45) is 0 Å². The van der Waals surface area contributed by atoms with Crippen molar-refractivity contribution in [1.29, 1.82) is 0 Å². The molecule has 0 aliphatic carbocycles. The maximum Gasteiger partial charge on any atom is 0.128 e. The summed E-state index contributed by atoms with van der Waals surface area (Å²) in [4.78, 5) is 4.43. The first-order chi connectivity index (χ1) is 12.3. The number of anilines is 1. The average Bonchev–Trinajstić information content (AvgIpc) is 2.67. The number of nitrogens with zero attached hydrogens (tertiary/aromatic N) is 1. The molecule has 25 heavy (non-hydrogen) atoms. The summed E-state index contributed by atoms with van der Waals surface area (Å²) < 4.78 is 14.5. The van der Waals surface area contributed by atoms with Crippen molar-refractivity contribution in [3.8, 4) is 0 Å². The van der Waals surface area contributed by atoms with E-state index < -0.39 is 0 Å². The molecule has 1 N–H and O–H groups in total. The topological polar surface area (TPSA) is 24.9 Å². The number of benzene rings is 3. The molecule has 0 amide bonds. The zero-order chi connectivity index (χ0) is 17.1. The molecule has 1 unspecified atom stereocenters. The van der Waals surface area contributed by atoms with Crippen LogP contribution >= 0.6 is 0 Å². The van der Waals surface area contributed by atoms with Gasteiger partial charge in [0.1, 0.15) is 5.82 Å². The highest BCUT2D eigenvalue weighted by molar-refractivity contribution is 5.79. The third kappa shape index (κ3) is 3.22. The minimum absolute atomic E-state index is 0.225. The van der Waals surface area contributed by atoms with Crippen LogP contribution in [0.25, 0.3) is 10.9 Å². The molecule has 0 saturated carbocycles. The van der Waals surface area contributed by atoms with Gasteiger partial charge in [0.25, 0.3) is 0 Å². The van der Waals surface area contributed by atoms with E-state index in [9.17, 15) is 4.39 Å². The van der Waals surface area contributed by atoms with Crippen LogP contribution in [-0.4, -0.2) is 4.98 Å². The molecule has 0 bridgehead atoms. The molecule has 2 nitrogen and oxygen atoms in total. The quantitative estimate of drug-likeness (QED) is 0.529. The first-order valence-electron chi connectivity index (χ1n) is 8.22. The third-order valence-corrected chi connectivity index (χ3v) is 4.26. The van der Waals surface area contributed by atoms with Crippen molar-refractivity contribution in [1.82, 2.24) is 4.98 Å². The summed E-state index contributed by atoms with van der Waals surface area (Å²) in [5.74, 6) is -0.225. The molecule has 1 heterocycles. The second-order valence-corrected chi connectivity index (χ2v) is 5.92. The van der Waals surface area contributed by atoms with E-state index in [1.807, 2.05) is 72.8 Å². The molecule has 3 heteroatoms. The summed E-state index contributed by atoms with van der Waals surface area (Å²) in [6.07, 6.45) is 1.77. The number of aromatic nitrogens is 1. The fourth-order valence-corrected chi connectivity index (χ4v) is 3.01. The predicted octanol–water partition coefficient (Wildman–Crippen LogP) is 5.58. The van der Waals surface area contributed by atoms with Gasteiger partial charge >= 0.3 is 0 Å². The molecular weight excluding hydrogens is 311 g/mol. The Morgan fingerprint density at radius 1 is 0.800 bits per heavy atom. The van der Waals surface area contributed by atoms with Gasteiger partial charge in [0.15, 0.2) is 0 Å². The molecule has 3 aromatic carbocycles. The molecule has 4 rings (SSSR count). The van der Waals surface area contributed by atoms with Crippen LogP contribution in [-0.2, 0) is 0 Å². The molecule has 0 aliphatic rings. The zero-order valence-electron chi connectivity index (χ0n) is 13.6. The van der Waals surface area contributed by atoms with Crippen LogP contribution in [0, 0.1) is 5.82 Å². The second-order valence-electron chi connectivity index (χ2n) is 5.92. The lowest BCUT2D eigenvalue weighted by atomic mass is 9.96. The standard InChI is InChI=1S/C22H17FN2/c23-20-11-5-4-10-19(20)22(25-18-8-2-1-3-9-18)17-13-12-16-7-6-14-24-21(16)15-17/h1-15,22,25H.